The zero-order valence-corrected chi connectivity index (χ0v) is 9.13. The lowest BCUT2D eigenvalue weighted by atomic mass is 10.1. The fourth-order valence-corrected chi connectivity index (χ4v) is 1.54. The molecule has 84 valence electrons. The van der Waals surface area contributed by atoms with E-state index in [1.54, 1.807) is 6.08 Å². The van der Waals surface area contributed by atoms with E-state index in [4.69, 9.17) is 22.1 Å². The number of nitrogens with two attached hydrogens (primary N) is 1. The molecule has 4 nitrogen and oxygen atoms in total. The van der Waals surface area contributed by atoms with Gasteiger partial charge < -0.3 is 10.5 Å². The van der Waals surface area contributed by atoms with E-state index in [1.807, 2.05) is 0 Å². The Morgan fingerprint density at radius 2 is 2.33 bits per heavy atom. The van der Waals surface area contributed by atoms with E-state index < -0.39 is 0 Å². The molecule has 0 unspecified atom stereocenters. The lowest BCUT2D eigenvalue weighted by Crippen LogP contribution is -2.15. The van der Waals surface area contributed by atoms with Crippen molar-refractivity contribution in [2.45, 2.75) is 31.8 Å². The van der Waals surface area contributed by atoms with Crippen molar-refractivity contribution in [1.82, 2.24) is 0 Å². The Hall–Kier alpha value is -1.03. The van der Waals surface area contributed by atoms with Gasteiger partial charge in [-0.2, -0.15) is 0 Å². The number of rotatable bonds is 6. The number of hydrogen-bond acceptors (Lipinski definition) is 3. The molecule has 0 bridgehead atoms. The summed E-state index contributed by atoms with van der Waals surface area (Å²) < 4.78 is 5.04. The highest BCUT2D eigenvalue weighted by atomic mass is 35.5. The van der Waals surface area contributed by atoms with Crippen molar-refractivity contribution in [2.75, 3.05) is 5.88 Å². The standard InChI is InChI=1S/C10H14ClNO3/c11-5-1-2-7-6-8(15-10(7)14)3-4-9(12)13/h6,8H,1-5H2,(H2,12,13)/t8-/m1/s1. The van der Waals surface area contributed by atoms with Gasteiger partial charge in [0.1, 0.15) is 6.10 Å². The number of primary amides is 1. The predicted octanol–water partition coefficient (Wildman–Crippen LogP) is 1.12. The van der Waals surface area contributed by atoms with Gasteiger partial charge in [0.2, 0.25) is 5.91 Å². The van der Waals surface area contributed by atoms with Gasteiger partial charge in [0.05, 0.1) is 0 Å². The first-order chi connectivity index (χ1) is 7.13. The van der Waals surface area contributed by atoms with E-state index in [2.05, 4.69) is 0 Å². The van der Waals surface area contributed by atoms with Crippen molar-refractivity contribution in [3.63, 3.8) is 0 Å². The molecule has 0 fully saturated rings. The highest BCUT2D eigenvalue weighted by molar-refractivity contribution is 6.17. The molecule has 0 spiro atoms. The second-order valence-corrected chi connectivity index (χ2v) is 3.81. The molecule has 0 aromatic rings. The Bertz CT molecular complexity index is 288. The minimum atomic E-state index is -0.381. The lowest BCUT2D eigenvalue weighted by molar-refractivity contribution is -0.140. The van der Waals surface area contributed by atoms with Gasteiger partial charge in [0.25, 0.3) is 0 Å². The number of hydrogen-bond donors (Lipinski definition) is 1. The van der Waals surface area contributed by atoms with Crippen LogP contribution in [0.1, 0.15) is 25.7 Å². The molecule has 2 N–H and O–H groups in total. The maximum absolute atomic E-state index is 11.3. The van der Waals surface area contributed by atoms with Crippen LogP contribution in [0.3, 0.4) is 0 Å². The molecule has 1 atom stereocenters. The topological polar surface area (TPSA) is 69.4 Å². The number of halogens is 1. The number of ether oxygens (including phenoxy) is 1. The molecule has 15 heavy (non-hydrogen) atoms. The van der Waals surface area contributed by atoms with Crippen LogP contribution in [0.4, 0.5) is 0 Å². The molecule has 0 saturated heterocycles. The summed E-state index contributed by atoms with van der Waals surface area (Å²) in [7, 11) is 0. The average molecular weight is 232 g/mol. The number of alkyl halides is 1. The van der Waals surface area contributed by atoms with E-state index in [9.17, 15) is 9.59 Å². The van der Waals surface area contributed by atoms with Gasteiger partial charge in [0.15, 0.2) is 0 Å². The van der Waals surface area contributed by atoms with Gasteiger partial charge in [-0.3, -0.25) is 4.79 Å². The smallest absolute Gasteiger partial charge is 0.334 e. The summed E-state index contributed by atoms with van der Waals surface area (Å²) in [5.74, 6) is -0.153. The van der Waals surface area contributed by atoms with Gasteiger partial charge >= 0.3 is 5.97 Å². The maximum atomic E-state index is 11.3. The van der Waals surface area contributed by atoms with Crippen LogP contribution in [0.2, 0.25) is 0 Å². The van der Waals surface area contributed by atoms with Crippen molar-refractivity contribution in [3.05, 3.63) is 11.6 Å². The van der Waals surface area contributed by atoms with E-state index >= 15 is 0 Å². The second-order valence-electron chi connectivity index (χ2n) is 3.43. The maximum Gasteiger partial charge on any atom is 0.334 e. The molecule has 1 aliphatic rings. The Balaban J connectivity index is 2.40. The molecule has 0 aliphatic carbocycles. The normalized spacial score (nSPS) is 19.9. The van der Waals surface area contributed by atoms with Crippen LogP contribution < -0.4 is 5.73 Å². The van der Waals surface area contributed by atoms with E-state index in [0.29, 0.717) is 24.3 Å². The molecule has 1 aliphatic heterocycles. The van der Waals surface area contributed by atoms with Crippen LogP contribution in [-0.4, -0.2) is 23.9 Å². The van der Waals surface area contributed by atoms with Gasteiger partial charge in [-0.25, -0.2) is 4.79 Å². The lowest BCUT2D eigenvalue weighted by Gasteiger charge is -2.05. The highest BCUT2D eigenvalue weighted by Gasteiger charge is 2.24. The van der Waals surface area contributed by atoms with Crippen LogP contribution in [0.25, 0.3) is 0 Å². The zero-order chi connectivity index (χ0) is 11.3. The number of amides is 1. The van der Waals surface area contributed by atoms with Gasteiger partial charge in [-0.05, 0) is 25.3 Å². The number of cyclic esters (lactones) is 1. The second kappa shape index (κ2) is 5.75. The third-order valence-electron chi connectivity index (χ3n) is 2.16. The van der Waals surface area contributed by atoms with E-state index in [1.165, 1.54) is 0 Å². The first-order valence-electron chi connectivity index (χ1n) is 4.89. The molecule has 1 rings (SSSR count). The summed E-state index contributed by atoms with van der Waals surface area (Å²) in [5.41, 5.74) is 5.66. The molecular formula is C10H14ClNO3. The first kappa shape index (κ1) is 12.0. The van der Waals surface area contributed by atoms with Crippen LogP contribution in [0, 0.1) is 0 Å². The molecule has 5 heteroatoms. The quantitative estimate of drug-likeness (QED) is 0.550. The van der Waals surface area contributed by atoms with Crippen molar-refractivity contribution < 1.29 is 14.3 Å². The van der Waals surface area contributed by atoms with Crippen molar-refractivity contribution >= 4 is 23.5 Å². The Kier molecular flexibility index (Phi) is 4.62. The summed E-state index contributed by atoms with van der Waals surface area (Å²) in [6, 6.07) is 0. The van der Waals surface area contributed by atoms with Crippen LogP contribution in [-0.2, 0) is 14.3 Å². The fraction of sp³-hybridized carbons (Fsp3) is 0.600. The molecule has 0 aromatic carbocycles. The molecule has 1 heterocycles. The van der Waals surface area contributed by atoms with Crippen LogP contribution in [0.15, 0.2) is 11.6 Å². The third-order valence-corrected chi connectivity index (χ3v) is 2.43. The van der Waals surface area contributed by atoms with Gasteiger partial charge in [-0.15, -0.1) is 11.6 Å². The van der Waals surface area contributed by atoms with Crippen molar-refractivity contribution in [1.29, 1.82) is 0 Å². The van der Waals surface area contributed by atoms with Crippen molar-refractivity contribution in [2.24, 2.45) is 5.73 Å². The van der Waals surface area contributed by atoms with Crippen LogP contribution >= 0.6 is 11.6 Å². The summed E-state index contributed by atoms with van der Waals surface area (Å²) in [6.45, 7) is 0. The first-order valence-corrected chi connectivity index (χ1v) is 5.43. The zero-order valence-electron chi connectivity index (χ0n) is 8.37. The van der Waals surface area contributed by atoms with Gasteiger partial charge in [-0.1, -0.05) is 0 Å². The minimum Gasteiger partial charge on any atom is -0.455 e. The Morgan fingerprint density at radius 3 is 2.93 bits per heavy atom. The minimum absolute atomic E-state index is 0.233. The predicted molar refractivity (Wildman–Crippen MR) is 56.3 cm³/mol. The largest absolute Gasteiger partial charge is 0.455 e. The molecule has 0 radical (unpaired) electrons. The summed E-state index contributed by atoms with van der Waals surface area (Å²) >= 11 is 5.53. The number of esters is 1. The Labute approximate surface area is 93.4 Å². The molecule has 1 amide bonds. The van der Waals surface area contributed by atoms with Crippen LogP contribution in [0.5, 0.6) is 0 Å². The van der Waals surface area contributed by atoms with E-state index in [-0.39, 0.29) is 24.4 Å². The highest BCUT2D eigenvalue weighted by Crippen LogP contribution is 2.21. The number of carbonyl (C=O) groups excluding carboxylic acids is 2. The fourth-order valence-electron chi connectivity index (χ4n) is 1.41. The third kappa shape index (κ3) is 3.91. The SMILES string of the molecule is NC(=O)CC[C@@H]1C=C(CCCCl)C(=O)O1. The summed E-state index contributed by atoms with van der Waals surface area (Å²) in [6.07, 6.45) is 3.55. The molecular weight excluding hydrogens is 218 g/mol. The van der Waals surface area contributed by atoms with E-state index in [0.717, 1.165) is 6.42 Å². The van der Waals surface area contributed by atoms with Crippen molar-refractivity contribution in [3.8, 4) is 0 Å². The molecule has 0 saturated carbocycles. The summed E-state index contributed by atoms with van der Waals surface area (Å²) in [5, 5.41) is 0. The summed E-state index contributed by atoms with van der Waals surface area (Å²) in [4.78, 5) is 21.8. The monoisotopic (exact) mass is 231 g/mol. The number of carbonyl (C=O) groups is 2. The average Bonchev–Trinajstić information content (AvgIpc) is 2.53. The molecule has 0 aromatic heterocycles. The Morgan fingerprint density at radius 1 is 1.60 bits per heavy atom. The van der Waals surface area contributed by atoms with Gasteiger partial charge in [0, 0.05) is 17.9 Å².